The van der Waals surface area contributed by atoms with Crippen LogP contribution in [0.5, 0.6) is 0 Å². The van der Waals surface area contributed by atoms with Gasteiger partial charge >= 0.3 is 0 Å². The van der Waals surface area contributed by atoms with Gasteiger partial charge in [-0.2, -0.15) is 0 Å². The van der Waals surface area contributed by atoms with Crippen LogP contribution < -0.4 is 11.5 Å². The molecule has 9 nitrogen and oxygen atoms in total. The summed E-state index contributed by atoms with van der Waals surface area (Å²) in [6, 6.07) is -1.07. The van der Waals surface area contributed by atoms with Gasteiger partial charge in [0.25, 0.3) is 0 Å². The molecule has 2 heterocycles. The van der Waals surface area contributed by atoms with E-state index in [-0.39, 0.29) is 24.1 Å². The molecule has 0 spiro atoms. The van der Waals surface area contributed by atoms with Crippen molar-refractivity contribution in [3.63, 3.8) is 0 Å². The molecule has 0 aromatic carbocycles. The van der Waals surface area contributed by atoms with Crippen molar-refractivity contribution in [1.82, 2.24) is 9.80 Å². The molecule has 3 unspecified atom stereocenters. The summed E-state index contributed by atoms with van der Waals surface area (Å²) in [7, 11) is 0. The van der Waals surface area contributed by atoms with Gasteiger partial charge in [0.1, 0.15) is 12.1 Å². The van der Waals surface area contributed by atoms with Crippen LogP contribution in [0.25, 0.3) is 0 Å². The van der Waals surface area contributed by atoms with E-state index in [1.54, 1.807) is 6.92 Å². The Balaban J connectivity index is 0.000000527. The lowest BCUT2D eigenvalue weighted by molar-refractivity contribution is -0.146. The van der Waals surface area contributed by atoms with E-state index < -0.39 is 24.1 Å². The molecule has 2 fully saturated rings. The number of hydrogen-bond donors (Lipinski definition) is 3. The molecule has 4 amide bonds. The molecule has 154 valence electrons. The third kappa shape index (κ3) is 6.82. The van der Waals surface area contributed by atoms with Gasteiger partial charge < -0.3 is 26.4 Å². The summed E-state index contributed by atoms with van der Waals surface area (Å²) in [5.41, 5.74) is 10.1. The predicted octanol–water partition coefficient (Wildman–Crippen LogP) is -0.504. The summed E-state index contributed by atoms with van der Waals surface area (Å²) in [6.45, 7) is 4.51. The molecule has 2 aliphatic rings. The minimum atomic E-state index is -0.723. The molecule has 0 radical (unpaired) electrons. The SMILES string of the molecule is CC(O)CC(=O)N1CCCC1C(=O)N1CCCC1C(N)=O.CCCC(N)=O. The van der Waals surface area contributed by atoms with Crippen LogP contribution in [0.15, 0.2) is 0 Å². The van der Waals surface area contributed by atoms with E-state index in [2.05, 4.69) is 0 Å². The van der Waals surface area contributed by atoms with E-state index in [1.807, 2.05) is 6.92 Å². The van der Waals surface area contributed by atoms with Crippen LogP contribution in [0, 0.1) is 0 Å². The molecule has 5 N–H and O–H groups in total. The number of likely N-dealkylation sites (tertiary alicyclic amines) is 2. The van der Waals surface area contributed by atoms with Gasteiger partial charge in [0.2, 0.25) is 23.6 Å². The van der Waals surface area contributed by atoms with Crippen molar-refractivity contribution in [3.05, 3.63) is 0 Å². The molecular formula is C18H32N4O5. The average Bonchev–Trinajstić information content (AvgIpc) is 3.23. The average molecular weight is 384 g/mol. The number of carbonyl (C=O) groups excluding carboxylic acids is 4. The van der Waals surface area contributed by atoms with Gasteiger partial charge in [-0.15, -0.1) is 0 Å². The number of carbonyl (C=O) groups is 4. The number of amides is 4. The number of aliphatic hydroxyl groups is 1. The quantitative estimate of drug-likeness (QED) is 0.564. The first-order chi connectivity index (χ1) is 12.7. The van der Waals surface area contributed by atoms with Gasteiger partial charge in [0, 0.05) is 19.5 Å². The predicted molar refractivity (Wildman–Crippen MR) is 99.1 cm³/mol. The number of nitrogens with two attached hydrogens (primary N) is 2. The summed E-state index contributed by atoms with van der Waals surface area (Å²) in [4.78, 5) is 49.0. The lowest BCUT2D eigenvalue weighted by Crippen LogP contribution is -2.52. The van der Waals surface area contributed by atoms with Crippen LogP contribution in [0.1, 0.15) is 58.8 Å². The summed E-state index contributed by atoms with van der Waals surface area (Å²) in [6.07, 6.45) is 3.38. The number of aliphatic hydroxyl groups excluding tert-OH is 1. The molecule has 3 atom stereocenters. The van der Waals surface area contributed by atoms with Crippen LogP contribution in [-0.2, 0) is 19.2 Å². The van der Waals surface area contributed by atoms with E-state index in [0.29, 0.717) is 32.4 Å². The van der Waals surface area contributed by atoms with E-state index in [0.717, 1.165) is 19.3 Å². The number of primary amides is 2. The van der Waals surface area contributed by atoms with Crippen molar-refractivity contribution >= 4 is 23.6 Å². The normalized spacial score (nSPS) is 22.8. The highest BCUT2D eigenvalue weighted by Gasteiger charge is 2.41. The maximum Gasteiger partial charge on any atom is 0.246 e. The van der Waals surface area contributed by atoms with Crippen LogP contribution in [0.4, 0.5) is 0 Å². The van der Waals surface area contributed by atoms with Crippen LogP contribution >= 0.6 is 0 Å². The molecule has 0 bridgehead atoms. The van der Waals surface area contributed by atoms with Gasteiger partial charge in [-0.25, -0.2) is 0 Å². The molecule has 2 saturated heterocycles. The summed E-state index contributed by atoms with van der Waals surface area (Å²) in [5, 5.41) is 9.33. The summed E-state index contributed by atoms with van der Waals surface area (Å²) >= 11 is 0. The standard InChI is InChI=1S/C14H23N3O4.C4H9NO/c1-9(18)8-12(19)16-6-3-5-11(16)14(21)17-7-2-4-10(17)13(15)20;1-2-3-4(5)6/h9-11,18H,2-8H2,1H3,(H2,15,20);2-3H2,1H3,(H2,5,6). The fraction of sp³-hybridized carbons (Fsp3) is 0.778. The fourth-order valence-corrected chi connectivity index (χ4v) is 3.46. The molecule has 2 rings (SSSR count). The molecular weight excluding hydrogens is 352 g/mol. The van der Waals surface area contributed by atoms with E-state index in [9.17, 15) is 24.3 Å². The first kappa shape index (κ1) is 22.9. The van der Waals surface area contributed by atoms with Gasteiger partial charge in [0.05, 0.1) is 12.5 Å². The Morgan fingerprint density at radius 3 is 2.04 bits per heavy atom. The minimum absolute atomic E-state index is 0.0169. The van der Waals surface area contributed by atoms with Gasteiger partial charge in [0.15, 0.2) is 0 Å². The zero-order valence-corrected chi connectivity index (χ0v) is 16.2. The zero-order valence-electron chi connectivity index (χ0n) is 16.2. The van der Waals surface area contributed by atoms with Crippen molar-refractivity contribution < 1.29 is 24.3 Å². The van der Waals surface area contributed by atoms with Crippen LogP contribution in [0.2, 0.25) is 0 Å². The highest BCUT2D eigenvalue weighted by molar-refractivity contribution is 5.92. The first-order valence-electron chi connectivity index (χ1n) is 9.54. The lowest BCUT2D eigenvalue weighted by atomic mass is 10.1. The van der Waals surface area contributed by atoms with E-state index in [4.69, 9.17) is 11.5 Å². The molecule has 0 aromatic rings. The third-order valence-corrected chi connectivity index (χ3v) is 4.69. The fourth-order valence-electron chi connectivity index (χ4n) is 3.46. The Labute approximate surface area is 160 Å². The Bertz CT molecular complexity index is 552. The van der Waals surface area contributed by atoms with Crippen molar-refractivity contribution in [2.45, 2.75) is 77.0 Å². The highest BCUT2D eigenvalue weighted by Crippen LogP contribution is 2.25. The second-order valence-corrected chi connectivity index (χ2v) is 7.11. The maximum atomic E-state index is 12.6. The van der Waals surface area contributed by atoms with Crippen LogP contribution in [-0.4, -0.2) is 69.8 Å². The smallest absolute Gasteiger partial charge is 0.246 e. The molecule has 0 aliphatic carbocycles. The topological polar surface area (TPSA) is 147 Å². The third-order valence-electron chi connectivity index (χ3n) is 4.69. The molecule has 2 aliphatic heterocycles. The number of nitrogens with zero attached hydrogens (tertiary/aromatic N) is 2. The zero-order chi connectivity index (χ0) is 20.6. The number of rotatable bonds is 6. The minimum Gasteiger partial charge on any atom is -0.393 e. The molecule has 9 heteroatoms. The monoisotopic (exact) mass is 384 g/mol. The van der Waals surface area contributed by atoms with Gasteiger partial charge in [-0.3, -0.25) is 19.2 Å². The summed E-state index contributed by atoms with van der Waals surface area (Å²) < 4.78 is 0. The molecule has 27 heavy (non-hydrogen) atoms. The highest BCUT2D eigenvalue weighted by atomic mass is 16.3. The Kier molecular flexibility index (Phi) is 9.20. The maximum absolute atomic E-state index is 12.6. The van der Waals surface area contributed by atoms with Crippen molar-refractivity contribution in [3.8, 4) is 0 Å². The van der Waals surface area contributed by atoms with Crippen LogP contribution in [0.3, 0.4) is 0 Å². The largest absolute Gasteiger partial charge is 0.393 e. The molecule has 0 aromatic heterocycles. The van der Waals surface area contributed by atoms with Gasteiger partial charge in [-0.1, -0.05) is 6.92 Å². The van der Waals surface area contributed by atoms with E-state index >= 15 is 0 Å². The first-order valence-corrected chi connectivity index (χ1v) is 9.54. The van der Waals surface area contributed by atoms with Crippen molar-refractivity contribution in [2.75, 3.05) is 13.1 Å². The lowest BCUT2D eigenvalue weighted by Gasteiger charge is -2.30. The Morgan fingerprint density at radius 1 is 1.04 bits per heavy atom. The van der Waals surface area contributed by atoms with Crippen molar-refractivity contribution in [2.24, 2.45) is 11.5 Å². The van der Waals surface area contributed by atoms with E-state index in [1.165, 1.54) is 9.80 Å². The van der Waals surface area contributed by atoms with Crippen molar-refractivity contribution in [1.29, 1.82) is 0 Å². The number of hydrogen-bond acceptors (Lipinski definition) is 5. The molecule has 0 saturated carbocycles. The second kappa shape index (κ2) is 10.9. The Hall–Kier alpha value is -2.16. The second-order valence-electron chi connectivity index (χ2n) is 7.11. The summed E-state index contributed by atoms with van der Waals surface area (Å²) in [5.74, 6) is -1.10. The Morgan fingerprint density at radius 2 is 1.59 bits per heavy atom. The van der Waals surface area contributed by atoms with Gasteiger partial charge in [-0.05, 0) is 39.0 Å².